The van der Waals surface area contributed by atoms with Crippen LogP contribution in [0.25, 0.3) is 28.3 Å². The second kappa shape index (κ2) is 9.46. The highest BCUT2D eigenvalue weighted by molar-refractivity contribution is 6.31. The van der Waals surface area contributed by atoms with Gasteiger partial charge >= 0.3 is 0 Å². The van der Waals surface area contributed by atoms with Crippen LogP contribution in [0.3, 0.4) is 0 Å². The summed E-state index contributed by atoms with van der Waals surface area (Å²) in [6.07, 6.45) is 5.16. The summed E-state index contributed by atoms with van der Waals surface area (Å²) in [7, 11) is 1.60. The van der Waals surface area contributed by atoms with E-state index in [2.05, 4.69) is 25.4 Å². The lowest BCUT2D eigenvalue weighted by atomic mass is 10.0. The van der Waals surface area contributed by atoms with Crippen LogP contribution in [0.15, 0.2) is 59.8 Å². The van der Waals surface area contributed by atoms with Crippen LogP contribution in [-0.2, 0) is 7.05 Å². The Balaban J connectivity index is 1.40. The van der Waals surface area contributed by atoms with Gasteiger partial charge in [0.05, 0.1) is 30.2 Å². The fourth-order valence-corrected chi connectivity index (χ4v) is 5.32. The van der Waals surface area contributed by atoms with E-state index in [1.54, 1.807) is 43.7 Å². The molecule has 1 aliphatic rings. The first-order valence-electron chi connectivity index (χ1n) is 12.3. The second-order valence-corrected chi connectivity index (χ2v) is 10.1. The molecule has 1 aliphatic carbocycles. The Hall–Kier alpha value is -4.31. The van der Waals surface area contributed by atoms with Gasteiger partial charge in [-0.3, -0.25) is 19.3 Å². The van der Waals surface area contributed by atoms with Crippen LogP contribution in [0.1, 0.15) is 40.6 Å². The van der Waals surface area contributed by atoms with E-state index in [0.29, 0.717) is 17.1 Å². The van der Waals surface area contributed by atoms with Crippen molar-refractivity contribution < 1.29 is 8.78 Å². The minimum atomic E-state index is -0.545. The first-order valence-corrected chi connectivity index (χ1v) is 12.6. The minimum absolute atomic E-state index is 0.00257. The van der Waals surface area contributed by atoms with Gasteiger partial charge < -0.3 is 0 Å². The molecule has 4 aromatic heterocycles. The average molecular weight is 546 g/mol. The van der Waals surface area contributed by atoms with Crippen molar-refractivity contribution in [2.24, 2.45) is 7.05 Å². The largest absolute Gasteiger partial charge is 0.280 e. The highest BCUT2D eigenvalue weighted by atomic mass is 35.5. The van der Waals surface area contributed by atoms with E-state index >= 15 is 4.39 Å². The molecule has 1 saturated carbocycles. The molecule has 39 heavy (non-hydrogen) atoms. The smallest absolute Gasteiger partial charge is 0.274 e. The molecule has 8 nitrogen and oxygen atoms in total. The van der Waals surface area contributed by atoms with E-state index in [0.717, 1.165) is 23.1 Å². The molecule has 0 N–H and O–H groups in total. The third-order valence-electron chi connectivity index (χ3n) is 7.05. The second-order valence-electron chi connectivity index (χ2n) is 9.71. The lowest BCUT2D eigenvalue weighted by Gasteiger charge is -2.17. The molecule has 4 heterocycles. The summed E-state index contributed by atoms with van der Waals surface area (Å²) in [5.41, 5.74) is 3.83. The van der Waals surface area contributed by atoms with Gasteiger partial charge in [0.15, 0.2) is 0 Å². The highest BCUT2D eigenvalue weighted by Crippen LogP contribution is 2.55. The van der Waals surface area contributed by atoms with Gasteiger partial charge in [-0.1, -0.05) is 17.7 Å². The van der Waals surface area contributed by atoms with E-state index in [1.165, 1.54) is 21.6 Å². The Kier molecular flexibility index (Phi) is 6.06. The van der Waals surface area contributed by atoms with Crippen LogP contribution < -0.4 is 5.56 Å². The number of rotatable bonds is 5. The van der Waals surface area contributed by atoms with Crippen LogP contribution >= 0.6 is 11.6 Å². The predicted molar refractivity (Wildman–Crippen MR) is 142 cm³/mol. The van der Waals surface area contributed by atoms with E-state index < -0.39 is 11.6 Å². The summed E-state index contributed by atoms with van der Waals surface area (Å²) < 4.78 is 30.8. The number of aromatic nitrogens is 7. The molecular weight excluding hydrogens is 524 g/mol. The van der Waals surface area contributed by atoms with Crippen LogP contribution in [0.2, 0.25) is 5.02 Å². The molecular formula is C28H22ClF2N7O. The molecule has 11 heteroatoms. The van der Waals surface area contributed by atoms with Crippen molar-refractivity contribution >= 4 is 11.6 Å². The number of benzene rings is 1. The van der Waals surface area contributed by atoms with Crippen molar-refractivity contribution in [3.63, 3.8) is 0 Å². The van der Waals surface area contributed by atoms with Crippen LogP contribution in [0.4, 0.5) is 8.78 Å². The van der Waals surface area contributed by atoms with E-state index in [1.807, 2.05) is 19.9 Å². The molecule has 196 valence electrons. The van der Waals surface area contributed by atoms with E-state index in [-0.39, 0.29) is 39.4 Å². The Morgan fingerprint density at radius 2 is 1.82 bits per heavy atom. The van der Waals surface area contributed by atoms with Crippen molar-refractivity contribution in [2.75, 3.05) is 0 Å². The quantitative estimate of drug-likeness (QED) is 0.297. The molecule has 2 atom stereocenters. The van der Waals surface area contributed by atoms with Crippen LogP contribution in [0, 0.1) is 25.5 Å². The fourth-order valence-electron chi connectivity index (χ4n) is 5.04. The highest BCUT2D eigenvalue weighted by Gasteiger charge is 2.42. The zero-order valence-electron chi connectivity index (χ0n) is 21.2. The topological polar surface area (TPSA) is 91.4 Å². The van der Waals surface area contributed by atoms with Gasteiger partial charge in [0.1, 0.15) is 16.7 Å². The van der Waals surface area contributed by atoms with Gasteiger partial charge in [-0.2, -0.15) is 4.80 Å². The Bertz CT molecular complexity index is 1820. The molecule has 0 saturated heterocycles. The molecule has 5 aromatic rings. The van der Waals surface area contributed by atoms with Gasteiger partial charge in [0.2, 0.25) is 5.82 Å². The molecule has 1 fully saturated rings. The maximum Gasteiger partial charge on any atom is 0.274 e. The van der Waals surface area contributed by atoms with Gasteiger partial charge in [0.25, 0.3) is 5.56 Å². The lowest BCUT2D eigenvalue weighted by Crippen LogP contribution is -2.23. The number of hydrogen-bond acceptors (Lipinski definition) is 6. The molecule has 0 amide bonds. The third-order valence-corrected chi connectivity index (χ3v) is 7.42. The van der Waals surface area contributed by atoms with E-state index in [9.17, 15) is 9.18 Å². The number of hydrogen-bond donors (Lipinski definition) is 0. The van der Waals surface area contributed by atoms with Crippen LogP contribution in [0.5, 0.6) is 0 Å². The molecule has 0 radical (unpaired) electrons. The maximum atomic E-state index is 15.6. The number of pyridine rings is 3. The summed E-state index contributed by atoms with van der Waals surface area (Å²) in [5.74, 6) is -0.728. The Morgan fingerprint density at radius 3 is 2.56 bits per heavy atom. The monoisotopic (exact) mass is 545 g/mol. The standard InChI is InChI=1S/C28H22ClF2N7O/c1-14-11-33-23(18-5-4-6-19(26(18)31)27-34-36-37(3)35-27)10-24(14)38-15(2)7-22(25(29)28(38)39)21-9-20(21)16-8-17(30)13-32-12-16/h4-8,10-13,20-21H,9H2,1-3H3/t20-,21+/m1/s1. The van der Waals surface area contributed by atoms with Gasteiger partial charge in [-0.25, -0.2) is 8.78 Å². The molecule has 6 rings (SSSR count). The SMILES string of the molecule is Cc1cnc(-c2cccc(-c3nnn(C)n3)c2F)cc1-n1c(C)cc([C@H]2C[C@@H]2c2cncc(F)c2)c(Cl)c1=O. The van der Waals surface area contributed by atoms with Gasteiger partial charge in [-0.15, -0.1) is 10.2 Å². The molecule has 0 spiro atoms. The minimum Gasteiger partial charge on any atom is -0.280 e. The van der Waals surface area contributed by atoms with Crippen molar-refractivity contribution in [1.29, 1.82) is 0 Å². The van der Waals surface area contributed by atoms with E-state index in [4.69, 9.17) is 11.6 Å². The van der Waals surface area contributed by atoms with Crippen LogP contribution in [-0.4, -0.2) is 34.7 Å². The number of aryl methyl sites for hydroxylation is 3. The summed E-state index contributed by atoms with van der Waals surface area (Å²) in [6.45, 7) is 3.65. The molecule has 1 aromatic carbocycles. The summed E-state index contributed by atoms with van der Waals surface area (Å²) in [4.78, 5) is 23.2. The summed E-state index contributed by atoms with van der Waals surface area (Å²) >= 11 is 6.64. The number of halogens is 3. The Labute approximate surface area is 226 Å². The first-order chi connectivity index (χ1) is 18.7. The van der Waals surface area contributed by atoms with Crippen molar-refractivity contribution in [1.82, 2.24) is 34.7 Å². The zero-order chi connectivity index (χ0) is 27.4. The number of nitrogens with zero attached hydrogens (tertiary/aromatic N) is 7. The van der Waals surface area contributed by atoms with Crippen molar-refractivity contribution in [2.45, 2.75) is 32.1 Å². The normalized spacial score (nSPS) is 16.5. The van der Waals surface area contributed by atoms with Crippen molar-refractivity contribution in [3.8, 4) is 28.3 Å². The summed E-state index contributed by atoms with van der Waals surface area (Å²) in [6, 6.07) is 9.90. The predicted octanol–water partition coefficient (Wildman–Crippen LogP) is 5.30. The average Bonchev–Trinajstić information content (AvgIpc) is 3.60. The summed E-state index contributed by atoms with van der Waals surface area (Å²) in [5, 5.41) is 11.9. The third kappa shape index (κ3) is 4.40. The molecule has 0 aliphatic heterocycles. The van der Waals surface area contributed by atoms with Gasteiger partial charge in [0, 0.05) is 23.7 Å². The molecule has 0 unspecified atom stereocenters. The van der Waals surface area contributed by atoms with Crippen molar-refractivity contribution in [3.05, 3.63) is 104 Å². The first kappa shape index (κ1) is 25.0. The van der Waals surface area contributed by atoms with Gasteiger partial charge in [-0.05, 0) is 84.3 Å². The maximum absolute atomic E-state index is 15.6. The fraction of sp³-hybridized carbons (Fsp3) is 0.214. The number of tetrazole rings is 1. The molecule has 0 bridgehead atoms. The lowest BCUT2D eigenvalue weighted by molar-refractivity contribution is 0.618. The zero-order valence-corrected chi connectivity index (χ0v) is 22.0. The Morgan fingerprint density at radius 1 is 1.03 bits per heavy atom.